The van der Waals surface area contributed by atoms with Crippen LogP contribution in [0.1, 0.15) is 17.2 Å². The number of amides is 1. The molecular formula is C19H18FNO2S. The second-order valence-corrected chi connectivity index (χ2v) is 7.36. The predicted molar refractivity (Wildman–Crippen MR) is 91.5 cm³/mol. The third-order valence-electron chi connectivity index (χ3n) is 4.54. The zero-order valence-electron chi connectivity index (χ0n) is 13.2. The van der Waals surface area contributed by atoms with Crippen LogP contribution in [-0.2, 0) is 16.0 Å². The van der Waals surface area contributed by atoms with E-state index in [4.69, 9.17) is 4.74 Å². The van der Waals surface area contributed by atoms with Gasteiger partial charge < -0.3 is 9.64 Å². The first-order valence-electron chi connectivity index (χ1n) is 8.11. The lowest BCUT2D eigenvalue weighted by atomic mass is 10.1. The summed E-state index contributed by atoms with van der Waals surface area (Å²) in [6, 6.07) is 14.5. The summed E-state index contributed by atoms with van der Waals surface area (Å²) in [6.45, 7) is 1.65. The van der Waals surface area contributed by atoms with Gasteiger partial charge in [-0.2, -0.15) is 0 Å². The van der Waals surface area contributed by atoms with Gasteiger partial charge in [-0.05, 0) is 35.7 Å². The van der Waals surface area contributed by atoms with Gasteiger partial charge in [0.2, 0.25) is 5.91 Å². The molecule has 3 nitrogen and oxygen atoms in total. The molecule has 124 valence electrons. The third-order valence-corrected chi connectivity index (χ3v) is 5.85. The number of thioether (sulfide) groups is 1. The maximum Gasteiger partial charge on any atom is 0.236 e. The van der Waals surface area contributed by atoms with Crippen LogP contribution in [0.2, 0.25) is 0 Å². The zero-order valence-corrected chi connectivity index (χ0v) is 14.0. The second-order valence-electron chi connectivity index (χ2n) is 6.11. The summed E-state index contributed by atoms with van der Waals surface area (Å²) in [4.78, 5) is 16.0. The van der Waals surface area contributed by atoms with Crippen molar-refractivity contribution in [2.24, 2.45) is 0 Å². The number of hydrogen-bond acceptors (Lipinski definition) is 3. The first-order valence-corrected chi connectivity index (χ1v) is 8.99. The van der Waals surface area contributed by atoms with Crippen LogP contribution < -0.4 is 0 Å². The number of nitrogens with zero attached hydrogens (tertiary/aromatic N) is 1. The van der Waals surface area contributed by atoms with E-state index in [9.17, 15) is 9.18 Å². The van der Waals surface area contributed by atoms with Crippen LogP contribution >= 0.6 is 11.8 Å². The molecule has 2 aliphatic rings. The van der Waals surface area contributed by atoms with Gasteiger partial charge in [0.25, 0.3) is 0 Å². The summed E-state index contributed by atoms with van der Waals surface area (Å²) in [7, 11) is 0. The number of fused-ring (bicyclic) bond motifs is 1. The van der Waals surface area contributed by atoms with Gasteiger partial charge in [0.1, 0.15) is 11.9 Å². The van der Waals surface area contributed by atoms with E-state index in [1.807, 2.05) is 17.0 Å². The number of carbonyl (C=O) groups is 1. The van der Waals surface area contributed by atoms with E-state index < -0.39 is 0 Å². The molecule has 0 spiro atoms. The van der Waals surface area contributed by atoms with Crippen molar-refractivity contribution in [2.75, 3.05) is 19.7 Å². The lowest BCUT2D eigenvalue weighted by Crippen LogP contribution is -2.45. The van der Waals surface area contributed by atoms with Gasteiger partial charge in [0, 0.05) is 11.4 Å². The fourth-order valence-corrected chi connectivity index (χ4v) is 4.53. The van der Waals surface area contributed by atoms with Crippen molar-refractivity contribution in [3.63, 3.8) is 0 Å². The molecule has 5 heteroatoms. The third kappa shape index (κ3) is 3.06. The van der Waals surface area contributed by atoms with Crippen molar-refractivity contribution in [1.29, 1.82) is 0 Å². The van der Waals surface area contributed by atoms with E-state index in [0.29, 0.717) is 19.7 Å². The largest absolute Gasteiger partial charge is 0.370 e. The van der Waals surface area contributed by atoms with Crippen LogP contribution in [0.25, 0.3) is 0 Å². The average Bonchev–Trinajstić information content (AvgIpc) is 3.06. The van der Waals surface area contributed by atoms with Crippen LogP contribution in [0.5, 0.6) is 0 Å². The Bertz CT molecular complexity index is 724. The molecule has 0 bridgehead atoms. The van der Waals surface area contributed by atoms with Crippen molar-refractivity contribution in [3.05, 3.63) is 65.5 Å². The minimum Gasteiger partial charge on any atom is -0.370 e. The lowest BCUT2D eigenvalue weighted by molar-refractivity contribution is -0.138. The number of ether oxygens (including phenoxy) is 1. The Morgan fingerprint density at radius 1 is 1.17 bits per heavy atom. The number of rotatable bonds is 2. The van der Waals surface area contributed by atoms with E-state index in [-0.39, 0.29) is 23.1 Å². The van der Waals surface area contributed by atoms with Gasteiger partial charge in [-0.1, -0.05) is 30.3 Å². The number of halogens is 1. The van der Waals surface area contributed by atoms with Crippen LogP contribution in [0, 0.1) is 5.82 Å². The quantitative estimate of drug-likeness (QED) is 0.837. The first kappa shape index (κ1) is 15.7. The van der Waals surface area contributed by atoms with Gasteiger partial charge in [0.05, 0.1) is 18.4 Å². The van der Waals surface area contributed by atoms with E-state index in [1.54, 1.807) is 23.9 Å². The van der Waals surface area contributed by atoms with Gasteiger partial charge in [0.15, 0.2) is 0 Å². The Hall–Kier alpha value is -1.85. The smallest absolute Gasteiger partial charge is 0.236 e. The van der Waals surface area contributed by atoms with Gasteiger partial charge >= 0.3 is 0 Å². The minimum absolute atomic E-state index is 0.0469. The highest BCUT2D eigenvalue weighted by Gasteiger charge is 2.34. The molecule has 2 aromatic rings. The second kappa shape index (κ2) is 6.57. The highest BCUT2D eigenvalue weighted by molar-refractivity contribution is 8.01. The molecule has 1 amide bonds. The fraction of sp³-hybridized carbons (Fsp3) is 0.316. The molecule has 2 heterocycles. The normalized spacial score (nSPS) is 23.1. The van der Waals surface area contributed by atoms with Gasteiger partial charge in [-0.15, -0.1) is 11.8 Å². The van der Waals surface area contributed by atoms with Crippen molar-refractivity contribution >= 4 is 17.7 Å². The number of benzene rings is 2. The summed E-state index contributed by atoms with van der Waals surface area (Å²) < 4.78 is 18.9. The van der Waals surface area contributed by atoms with Crippen molar-refractivity contribution < 1.29 is 13.9 Å². The molecule has 2 unspecified atom stereocenters. The lowest BCUT2D eigenvalue weighted by Gasteiger charge is -2.34. The van der Waals surface area contributed by atoms with E-state index >= 15 is 0 Å². The molecule has 0 aromatic heterocycles. The molecule has 1 fully saturated rings. The Morgan fingerprint density at radius 3 is 2.75 bits per heavy atom. The predicted octanol–water partition coefficient (Wildman–Crippen LogP) is 3.44. The van der Waals surface area contributed by atoms with Crippen LogP contribution in [-0.4, -0.2) is 35.8 Å². The molecule has 2 atom stereocenters. The van der Waals surface area contributed by atoms with Crippen molar-refractivity contribution in [1.82, 2.24) is 4.90 Å². The molecule has 0 N–H and O–H groups in total. The topological polar surface area (TPSA) is 29.5 Å². The van der Waals surface area contributed by atoms with Gasteiger partial charge in [-0.25, -0.2) is 4.39 Å². The summed E-state index contributed by atoms with van der Waals surface area (Å²) in [6.07, 6.45) is 0.607. The van der Waals surface area contributed by atoms with Gasteiger partial charge in [-0.3, -0.25) is 4.79 Å². The molecule has 2 aromatic carbocycles. The highest BCUT2D eigenvalue weighted by atomic mass is 32.2. The number of carbonyl (C=O) groups excluding carboxylic acids is 1. The number of morpholine rings is 1. The zero-order chi connectivity index (χ0) is 16.5. The summed E-state index contributed by atoms with van der Waals surface area (Å²) in [5.74, 6) is -0.0887. The van der Waals surface area contributed by atoms with Crippen molar-refractivity contribution in [3.8, 4) is 0 Å². The number of hydrogen-bond donors (Lipinski definition) is 0. The molecule has 24 heavy (non-hydrogen) atoms. The Morgan fingerprint density at radius 2 is 1.96 bits per heavy atom. The molecule has 0 radical (unpaired) electrons. The van der Waals surface area contributed by atoms with Crippen LogP contribution in [0.15, 0.2) is 53.4 Å². The Kier molecular flexibility index (Phi) is 4.29. The van der Waals surface area contributed by atoms with Crippen LogP contribution in [0.3, 0.4) is 0 Å². The molecular weight excluding hydrogens is 325 g/mol. The minimum atomic E-state index is -0.261. The van der Waals surface area contributed by atoms with E-state index in [0.717, 1.165) is 12.0 Å². The maximum atomic E-state index is 13.1. The Balaban J connectivity index is 1.45. The SMILES string of the molecule is O=C(C1Cc2ccccc2S1)N1CCOC(c2ccc(F)cc2)C1. The average molecular weight is 343 g/mol. The molecule has 4 rings (SSSR count). The molecule has 2 aliphatic heterocycles. The molecule has 0 aliphatic carbocycles. The molecule has 0 saturated carbocycles. The molecule has 1 saturated heterocycles. The van der Waals surface area contributed by atoms with Crippen LogP contribution in [0.4, 0.5) is 4.39 Å². The fourth-order valence-electron chi connectivity index (χ4n) is 3.25. The monoisotopic (exact) mass is 343 g/mol. The van der Waals surface area contributed by atoms with E-state index in [2.05, 4.69) is 12.1 Å². The maximum absolute atomic E-state index is 13.1. The summed E-state index contributed by atoms with van der Waals surface area (Å²) in [5.41, 5.74) is 2.17. The van der Waals surface area contributed by atoms with E-state index in [1.165, 1.54) is 22.6 Å². The first-order chi connectivity index (χ1) is 11.7. The highest BCUT2D eigenvalue weighted by Crippen LogP contribution is 2.38. The Labute approximate surface area is 144 Å². The van der Waals surface area contributed by atoms with Crippen molar-refractivity contribution in [2.45, 2.75) is 22.7 Å². The standard InChI is InChI=1S/C19H18FNO2S/c20-15-7-5-13(6-8-15)16-12-21(9-10-23-16)19(22)18-11-14-3-1-2-4-17(14)24-18/h1-8,16,18H,9-12H2. The summed E-state index contributed by atoms with van der Waals surface area (Å²) >= 11 is 1.66. The summed E-state index contributed by atoms with van der Waals surface area (Å²) in [5, 5.41) is -0.0469.